The number of carboxylic acids is 1. The summed E-state index contributed by atoms with van der Waals surface area (Å²) in [6.45, 7) is 4.56. The topological polar surface area (TPSA) is 37.3 Å². The summed E-state index contributed by atoms with van der Waals surface area (Å²) in [6.07, 6.45) is 14.4. The maximum absolute atomic E-state index is 9.24. The van der Waals surface area contributed by atoms with Gasteiger partial charge < -0.3 is 5.11 Å². The molecule has 0 aliphatic carbocycles. The highest BCUT2D eigenvalue weighted by molar-refractivity contribution is 6.26. The minimum atomic E-state index is -0.980. The lowest BCUT2D eigenvalue weighted by Gasteiger charge is -1.99. The second-order valence-electron chi connectivity index (χ2n) is 4.36. The van der Waals surface area contributed by atoms with Gasteiger partial charge in [-0.3, -0.25) is 4.79 Å². The van der Waals surface area contributed by atoms with Gasteiger partial charge in [0.1, 0.15) is 5.88 Å². The summed E-state index contributed by atoms with van der Waals surface area (Å²) >= 11 is 4.74. The Morgan fingerprint density at radius 2 is 1.06 bits per heavy atom. The van der Waals surface area contributed by atoms with E-state index in [1.807, 2.05) is 0 Å². The second kappa shape index (κ2) is 18.1. The van der Waals surface area contributed by atoms with Gasteiger partial charge in [-0.15, -0.1) is 11.6 Å². The molecule has 0 amide bonds. The van der Waals surface area contributed by atoms with E-state index < -0.39 is 5.97 Å². The van der Waals surface area contributed by atoms with Gasteiger partial charge in [0.15, 0.2) is 0 Å². The van der Waals surface area contributed by atoms with E-state index in [2.05, 4.69) is 13.8 Å². The van der Waals surface area contributed by atoms with Crippen LogP contribution in [0.4, 0.5) is 0 Å². The van der Waals surface area contributed by atoms with Crippen molar-refractivity contribution in [1.82, 2.24) is 0 Å². The van der Waals surface area contributed by atoms with Crippen LogP contribution in [0, 0.1) is 0 Å². The Morgan fingerprint density at radius 1 is 0.824 bits per heavy atom. The van der Waals surface area contributed by atoms with Crippen molar-refractivity contribution < 1.29 is 9.90 Å². The number of carbonyl (C=O) groups is 1. The molecule has 0 aliphatic rings. The summed E-state index contributed by atoms with van der Waals surface area (Å²) in [5.74, 6) is -1.29. The molecule has 17 heavy (non-hydrogen) atoms. The Kier molecular flexibility index (Phi) is 20.4. The molecule has 0 aromatic carbocycles. The molecule has 0 saturated carbocycles. The molecular weight excluding hydrogens is 236 g/mol. The first-order chi connectivity index (χ1) is 8.18. The van der Waals surface area contributed by atoms with Crippen molar-refractivity contribution in [1.29, 1.82) is 0 Å². The first-order valence-corrected chi connectivity index (χ1v) is 7.50. The molecule has 0 fully saturated rings. The largest absolute Gasteiger partial charge is 0.480 e. The van der Waals surface area contributed by atoms with E-state index in [1.165, 1.54) is 64.2 Å². The van der Waals surface area contributed by atoms with Crippen molar-refractivity contribution in [2.75, 3.05) is 5.88 Å². The lowest BCUT2D eigenvalue weighted by molar-refractivity contribution is -0.134. The molecule has 0 rings (SSSR count). The van der Waals surface area contributed by atoms with Gasteiger partial charge in [-0.05, 0) is 0 Å². The molecule has 0 atom stereocenters. The lowest BCUT2D eigenvalue weighted by Crippen LogP contribution is -1.92. The van der Waals surface area contributed by atoms with Crippen LogP contribution >= 0.6 is 11.6 Å². The van der Waals surface area contributed by atoms with Gasteiger partial charge >= 0.3 is 5.97 Å². The van der Waals surface area contributed by atoms with Crippen LogP contribution in [0.5, 0.6) is 0 Å². The smallest absolute Gasteiger partial charge is 0.318 e. The third-order valence-corrected chi connectivity index (χ3v) is 2.80. The second-order valence-corrected chi connectivity index (χ2v) is 4.62. The van der Waals surface area contributed by atoms with Gasteiger partial charge in [0.25, 0.3) is 0 Å². The molecule has 0 saturated heterocycles. The van der Waals surface area contributed by atoms with E-state index in [1.54, 1.807) is 0 Å². The van der Waals surface area contributed by atoms with Crippen molar-refractivity contribution >= 4 is 17.6 Å². The van der Waals surface area contributed by atoms with Gasteiger partial charge in [0, 0.05) is 0 Å². The van der Waals surface area contributed by atoms with Crippen LogP contribution in [0.25, 0.3) is 0 Å². The van der Waals surface area contributed by atoms with Crippen molar-refractivity contribution in [2.24, 2.45) is 0 Å². The van der Waals surface area contributed by atoms with Crippen LogP contribution in [-0.2, 0) is 4.79 Å². The molecule has 0 spiro atoms. The van der Waals surface area contributed by atoms with Crippen molar-refractivity contribution in [3.63, 3.8) is 0 Å². The standard InChI is InChI=1S/C12H26.C2H3ClO2/c1-3-5-7-9-11-12-10-8-6-4-2;3-1-2(4)5/h3-12H2,1-2H3;1H2,(H,4,5). The lowest BCUT2D eigenvalue weighted by atomic mass is 10.1. The number of unbranched alkanes of at least 4 members (excludes halogenated alkanes) is 9. The molecule has 3 heteroatoms. The minimum Gasteiger partial charge on any atom is -0.480 e. The Bertz CT molecular complexity index is 139. The Morgan fingerprint density at radius 3 is 1.24 bits per heavy atom. The number of hydrogen-bond acceptors (Lipinski definition) is 1. The zero-order valence-corrected chi connectivity index (χ0v) is 12.3. The van der Waals surface area contributed by atoms with E-state index in [0.29, 0.717) is 0 Å². The van der Waals surface area contributed by atoms with Gasteiger partial charge in [-0.25, -0.2) is 0 Å². The van der Waals surface area contributed by atoms with Crippen LogP contribution in [0.2, 0.25) is 0 Å². The van der Waals surface area contributed by atoms with E-state index in [-0.39, 0.29) is 5.88 Å². The summed E-state index contributed by atoms with van der Waals surface area (Å²) in [5, 5.41) is 7.59. The number of aliphatic carboxylic acids is 1. The number of alkyl halides is 1. The molecule has 0 bridgehead atoms. The van der Waals surface area contributed by atoms with Crippen LogP contribution < -0.4 is 0 Å². The summed E-state index contributed by atoms with van der Waals surface area (Å²) in [5.41, 5.74) is 0. The first kappa shape index (κ1) is 19.1. The molecule has 0 heterocycles. The zero-order valence-electron chi connectivity index (χ0n) is 11.5. The predicted octanol–water partition coefficient (Wildman–Crippen LogP) is 5.24. The van der Waals surface area contributed by atoms with E-state index in [9.17, 15) is 4.79 Å². The monoisotopic (exact) mass is 264 g/mol. The third-order valence-electron chi connectivity index (χ3n) is 2.57. The molecule has 0 unspecified atom stereocenters. The molecule has 0 radical (unpaired) electrons. The Labute approximate surface area is 112 Å². The quantitative estimate of drug-likeness (QED) is 0.433. The molecule has 0 aromatic rings. The predicted molar refractivity (Wildman–Crippen MR) is 75.9 cm³/mol. The first-order valence-electron chi connectivity index (χ1n) is 6.96. The average molecular weight is 265 g/mol. The summed E-state index contributed by atoms with van der Waals surface area (Å²) in [7, 11) is 0. The fourth-order valence-corrected chi connectivity index (χ4v) is 1.56. The number of halogens is 1. The Hall–Kier alpha value is -0.240. The number of carboxylic acid groups (broad SMARTS) is 1. The number of hydrogen-bond donors (Lipinski definition) is 1. The molecule has 0 aromatic heterocycles. The summed E-state index contributed by atoms with van der Waals surface area (Å²) < 4.78 is 0. The van der Waals surface area contributed by atoms with Crippen LogP contribution in [0.3, 0.4) is 0 Å². The minimum absolute atomic E-state index is 0.306. The molecule has 104 valence electrons. The van der Waals surface area contributed by atoms with E-state index >= 15 is 0 Å². The highest BCUT2D eigenvalue weighted by Gasteiger charge is 1.90. The molecule has 2 nitrogen and oxygen atoms in total. The SMILES string of the molecule is CCCCCCCCCCCC.O=C(O)CCl. The zero-order chi connectivity index (χ0) is 13.4. The van der Waals surface area contributed by atoms with Crippen LogP contribution in [0.15, 0.2) is 0 Å². The van der Waals surface area contributed by atoms with E-state index in [0.717, 1.165) is 0 Å². The van der Waals surface area contributed by atoms with Gasteiger partial charge in [-0.2, -0.15) is 0 Å². The fraction of sp³-hybridized carbons (Fsp3) is 0.929. The third kappa shape index (κ3) is 25.8. The van der Waals surface area contributed by atoms with Gasteiger partial charge in [0.05, 0.1) is 0 Å². The van der Waals surface area contributed by atoms with Crippen LogP contribution in [0.1, 0.15) is 78.1 Å². The Balaban J connectivity index is 0. The molecule has 0 aliphatic heterocycles. The maximum Gasteiger partial charge on any atom is 0.318 e. The highest BCUT2D eigenvalue weighted by Crippen LogP contribution is 2.09. The molecule has 1 N–H and O–H groups in total. The van der Waals surface area contributed by atoms with Gasteiger partial charge in [0.2, 0.25) is 0 Å². The normalized spacial score (nSPS) is 9.59. The van der Waals surface area contributed by atoms with Crippen LogP contribution in [-0.4, -0.2) is 17.0 Å². The van der Waals surface area contributed by atoms with Crippen molar-refractivity contribution in [2.45, 2.75) is 78.1 Å². The van der Waals surface area contributed by atoms with Crippen molar-refractivity contribution in [3.8, 4) is 0 Å². The molecular formula is C14H29ClO2. The summed E-state index contributed by atoms with van der Waals surface area (Å²) in [6, 6.07) is 0. The number of rotatable bonds is 10. The van der Waals surface area contributed by atoms with E-state index in [4.69, 9.17) is 16.7 Å². The van der Waals surface area contributed by atoms with Gasteiger partial charge in [-0.1, -0.05) is 78.1 Å². The maximum atomic E-state index is 9.24. The van der Waals surface area contributed by atoms with Crippen molar-refractivity contribution in [3.05, 3.63) is 0 Å². The highest BCUT2D eigenvalue weighted by atomic mass is 35.5. The fourth-order valence-electron chi connectivity index (χ4n) is 1.56. The average Bonchev–Trinajstić information content (AvgIpc) is 2.33. The summed E-state index contributed by atoms with van der Waals surface area (Å²) in [4.78, 5) is 9.24.